The summed E-state index contributed by atoms with van der Waals surface area (Å²) in [7, 11) is 0. The first-order chi connectivity index (χ1) is 8.47. The summed E-state index contributed by atoms with van der Waals surface area (Å²) in [6.45, 7) is 0. The third-order valence-electron chi connectivity index (χ3n) is 2.27. The van der Waals surface area contributed by atoms with Crippen LogP contribution in [0.4, 0.5) is 25.8 Å². The Bertz CT molecular complexity index is 605. The molecule has 0 spiro atoms. The molecule has 0 heterocycles. The van der Waals surface area contributed by atoms with Crippen LogP contribution in [0.2, 0.25) is 0 Å². The second kappa shape index (κ2) is 5.40. The number of benzene rings is 2. The smallest absolute Gasteiger partial charge is 0.149 e. The second-order valence-electron chi connectivity index (χ2n) is 3.61. The van der Waals surface area contributed by atoms with Gasteiger partial charge >= 0.3 is 0 Å². The summed E-state index contributed by atoms with van der Waals surface area (Å²) in [6, 6.07) is 7.40. The molecule has 0 fully saturated rings. The summed E-state index contributed by atoms with van der Waals surface area (Å²) in [4.78, 5) is 0. The van der Waals surface area contributed by atoms with Crippen molar-refractivity contribution in [3.63, 3.8) is 0 Å². The van der Waals surface area contributed by atoms with Gasteiger partial charge in [0.25, 0.3) is 0 Å². The van der Waals surface area contributed by atoms with Crippen LogP contribution in [0.15, 0.2) is 34.8 Å². The van der Waals surface area contributed by atoms with Crippen molar-refractivity contribution in [3.8, 4) is 0 Å². The molecule has 94 valence electrons. The van der Waals surface area contributed by atoms with E-state index in [4.69, 9.17) is 5.73 Å². The Hall–Kier alpha value is -0.890. The molecule has 0 amide bonds. The van der Waals surface area contributed by atoms with Crippen LogP contribution in [0.25, 0.3) is 0 Å². The molecule has 3 N–H and O–H groups in total. The molecule has 0 aliphatic rings. The minimum absolute atomic E-state index is 0.200. The zero-order valence-corrected chi connectivity index (χ0v) is 12.7. The van der Waals surface area contributed by atoms with E-state index in [1.807, 2.05) is 0 Å². The summed E-state index contributed by atoms with van der Waals surface area (Å²) in [6.07, 6.45) is 0. The molecule has 0 bridgehead atoms. The van der Waals surface area contributed by atoms with E-state index >= 15 is 0 Å². The molecule has 0 aliphatic heterocycles. The predicted molar refractivity (Wildman–Crippen MR) is 80.9 cm³/mol. The topological polar surface area (TPSA) is 38.0 Å². The third kappa shape index (κ3) is 2.92. The van der Waals surface area contributed by atoms with Crippen LogP contribution in [0.5, 0.6) is 0 Å². The molecule has 0 radical (unpaired) electrons. The van der Waals surface area contributed by atoms with Gasteiger partial charge in [-0.2, -0.15) is 0 Å². The molecule has 0 aliphatic carbocycles. The average Bonchev–Trinajstić information content (AvgIpc) is 2.29. The van der Waals surface area contributed by atoms with Crippen molar-refractivity contribution in [2.24, 2.45) is 0 Å². The van der Waals surface area contributed by atoms with Gasteiger partial charge < -0.3 is 11.1 Å². The standard InChI is InChI=1S/C12H8BrF2IN2/c13-7-4-12(9(15)5-8(7)14)18-11-2-1-6(17)3-10(11)16/h1-5,18H,17H2. The van der Waals surface area contributed by atoms with Crippen LogP contribution in [-0.2, 0) is 0 Å². The minimum Gasteiger partial charge on any atom is -0.399 e. The summed E-state index contributed by atoms with van der Waals surface area (Å²) in [5, 5.41) is 2.90. The number of hydrogen-bond acceptors (Lipinski definition) is 2. The average molecular weight is 425 g/mol. The van der Waals surface area contributed by atoms with Crippen molar-refractivity contribution in [2.75, 3.05) is 11.1 Å². The van der Waals surface area contributed by atoms with Gasteiger partial charge in [-0.15, -0.1) is 0 Å². The molecule has 0 aromatic heterocycles. The highest BCUT2D eigenvalue weighted by Crippen LogP contribution is 2.29. The number of nitrogens with two attached hydrogens (primary N) is 1. The molecule has 2 nitrogen and oxygen atoms in total. The highest BCUT2D eigenvalue weighted by molar-refractivity contribution is 14.1. The van der Waals surface area contributed by atoms with E-state index in [1.54, 1.807) is 18.2 Å². The van der Waals surface area contributed by atoms with E-state index in [0.717, 1.165) is 9.64 Å². The van der Waals surface area contributed by atoms with Crippen LogP contribution in [0, 0.1) is 15.2 Å². The minimum atomic E-state index is -0.650. The van der Waals surface area contributed by atoms with Crippen molar-refractivity contribution >= 4 is 55.6 Å². The maximum Gasteiger partial charge on any atom is 0.149 e. The summed E-state index contributed by atoms with van der Waals surface area (Å²) < 4.78 is 27.7. The lowest BCUT2D eigenvalue weighted by atomic mass is 10.2. The molecule has 2 aromatic carbocycles. The van der Waals surface area contributed by atoms with Crippen molar-refractivity contribution < 1.29 is 8.78 Å². The Balaban J connectivity index is 2.37. The zero-order valence-electron chi connectivity index (χ0n) is 8.98. The highest BCUT2D eigenvalue weighted by atomic mass is 127. The Morgan fingerprint density at radius 2 is 1.78 bits per heavy atom. The predicted octanol–water partition coefficient (Wildman–Crippen LogP) is 4.66. The molecule has 18 heavy (non-hydrogen) atoms. The normalized spacial score (nSPS) is 10.4. The zero-order chi connectivity index (χ0) is 13.3. The Morgan fingerprint density at radius 3 is 2.44 bits per heavy atom. The molecule has 0 saturated carbocycles. The first-order valence-electron chi connectivity index (χ1n) is 4.94. The number of nitrogen functional groups attached to an aromatic ring is 1. The largest absolute Gasteiger partial charge is 0.399 e. The molecule has 0 atom stereocenters. The van der Waals surface area contributed by atoms with Crippen LogP contribution in [0.1, 0.15) is 0 Å². The van der Waals surface area contributed by atoms with E-state index in [0.29, 0.717) is 11.4 Å². The number of halogens is 4. The molecular formula is C12H8BrF2IN2. The number of hydrogen-bond donors (Lipinski definition) is 2. The quantitative estimate of drug-likeness (QED) is 0.418. The van der Waals surface area contributed by atoms with Gasteiger partial charge in [0.2, 0.25) is 0 Å². The van der Waals surface area contributed by atoms with Crippen molar-refractivity contribution in [2.45, 2.75) is 0 Å². The van der Waals surface area contributed by atoms with Crippen molar-refractivity contribution in [1.82, 2.24) is 0 Å². The van der Waals surface area contributed by atoms with Crippen LogP contribution in [-0.4, -0.2) is 0 Å². The maximum atomic E-state index is 13.6. The number of anilines is 3. The van der Waals surface area contributed by atoms with Crippen molar-refractivity contribution in [3.05, 3.63) is 50.0 Å². The molecular weight excluding hydrogens is 417 g/mol. The van der Waals surface area contributed by atoms with Gasteiger partial charge in [-0.1, -0.05) is 0 Å². The molecule has 0 unspecified atom stereocenters. The van der Waals surface area contributed by atoms with Crippen molar-refractivity contribution in [1.29, 1.82) is 0 Å². The van der Waals surface area contributed by atoms with Gasteiger partial charge in [-0.05, 0) is 62.8 Å². The van der Waals surface area contributed by atoms with Gasteiger partial charge in [0.15, 0.2) is 0 Å². The Morgan fingerprint density at radius 1 is 1.06 bits per heavy atom. The van der Waals surface area contributed by atoms with Crippen LogP contribution in [0.3, 0.4) is 0 Å². The SMILES string of the molecule is Nc1ccc(Nc2cc(Br)c(F)cc2F)c(I)c1. The van der Waals surface area contributed by atoms with Gasteiger partial charge in [-0.3, -0.25) is 0 Å². The lowest BCUT2D eigenvalue weighted by molar-refractivity contribution is 0.581. The Labute approximate surface area is 125 Å². The summed E-state index contributed by atoms with van der Waals surface area (Å²) in [5.74, 6) is -1.28. The molecule has 6 heteroatoms. The fourth-order valence-corrected chi connectivity index (χ4v) is 2.41. The lowest BCUT2D eigenvalue weighted by Gasteiger charge is -2.11. The third-order valence-corrected chi connectivity index (χ3v) is 3.77. The highest BCUT2D eigenvalue weighted by Gasteiger charge is 2.09. The van der Waals surface area contributed by atoms with Crippen LogP contribution < -0.4 is 11.1 Å². The molecule has 2 aromatic rings. The van der Waals surface area contributed by atoms with Gasteiger partial charge in [0.05, 0.1) is 15.8 Å². The lowest BCUT2D eigenvalue weighted by Crippen LogP contribution is -1.98. The molecule has 0 saturated heterocycles. The first kappa shape index (κ1) is 13.5. The second-order valence-corrected chi connectivity index (χ2v) is 5.63. The molecule has 2 rings (SSSR count). The Kier molecular flexibility index (Phi) is 4.06. The monoisotopic (exact) mass is 424 g/mol. The fourth-order valence-electron chi connectivity index (χ4n) is 1.40. The summed E-state index contributed by atoms with van der Waals surface area (Å²) >= 11 is 5.11. The van der Waals surface area contributed by atoms with E-state index < -0.39 is 11.6 Å². The van der Waals surface area contributed by atoms with E-state index in [9.17, 15) is 8.78 Å². The van der Waals surface area contributed by atoms with Gasteiger partial charge in [0.1, 0.15) is 11.6 Å². The summed E-state index contributed by atoms with van der Waals surface area (Å²) in [5.41, 5.74) is 7.17. The van der Waals surface area contributed by atoms with Gasteiger partial charge in [-0.25, -0.2) is 8.78 Å². The number of nitrogens with one attached hydrogen (secondary N) is 1. The first-order valence-corrected chi connectivity index (χ1v) is 6.81. The maximum absolute atomic E-state index is 13.6. The van der Waals surface area contributed by atoms with E-state index in [-0.39, 0.29) is 10.2 Å². The van der Waals surface area contributed by atoms with Gasteiger partial charge in [0, 0.05) is 15.3 Å². The van der Waals surface area contributed by atoms with Crippen LogP contribution >= 0.6 is 38.5 Å². The fraction of sp³-hybridized carbons (Fsp3) is 0. The van der Waals surface area contributed by atoms with E-state index in [1.165, 1.54) is 6.07 Å². The number of rotatable bonds is 2. The van der Waals surface area contributed by atoms with E-state index in [2.05, 4.69) is 43.8 Å².